The molecule has 4 nitrogen and oxygen atoms in total. The maximum Gasteiger partial charge on any atom is 0.317 e. The number of amides is 2. The number of likely N-dealkylation sites (tertiary alicyclic amines) is 1. The SMILES string of the molecule is CN(C)C1CCN(C(=O)NC2CCCCC2)C1. The number of nitrogens with one attached hydrogen (secondary N) is 1. The van der Waals surface area contributed by atoms with Gasteiger partial charge in [0.2, 0.25) is 0 Å². The molecular formula is C13H25N3O. The first-order valence-corrected chi connectivity index (χ1v) is 6.88. The van der Waals surface area contributed by atoms with E-state index in [0.29, 0.717) is 12.1 Å². The number of nitrogens with zero attached hydrogens (tertiary/aromatic N) is 2. The third kappa shape index (κ3) is 3.35. The monoisotopic (exact) mass is 239 g/mol. The van der Waals surface area contributed by atoms with Gasteiger partial charge in [-0.05, 0) is 33.4 Å². The molecule has 1 aliphatic carbocycles. The van der Waals surface area contributed by atoms with Crippen LogP contribution in [0.5, 0.6) is 0 Å². The van der Waals surface area contributed by atoms with Crippen LogP contribution in [-0.4, -0.2) is 55.1 Å². The predicted molar refractivity (Wildman–Crippen MR) is 69.1 cm³/mol. The number of likely N-dealkylation sites (N-methyl/N-ethyl adjacent to an activating group) is 1. The van der Waals surface area contributed by atoms with E-state index in [9.17, 15) is 4.79 Å². The molecule has 0 aromatic rings. The summed E-state index contributed by atoms with van der Waals surface area (Å²) in [5, 5.41) is 3.19. The van der Waals surface area contributed by atoms with Gasteiger partial charge in [0.15, 0.2) is 0 Å². The second-order valence-corrected chi connectivity index (χ2v) is 5.64. The van der Waals surface area contributed by atoms with Gasteiger partial charge in [-0.2, -0.15) is 0 Å². The van der Waals surface area contributed by atoms with Crippen LogP contribution in [0.2, 0.25) is 0 Å². The van der Waals surface area contributed by atoms with Crippen molar-refractivity contribution >= 4 is 6.03 Å². The third-order valence-corrected chi connectivity index (χ3v) is 4.11. The zero-order valence-corrected chi connectivity index (χ0v) is 11.1. The summed E-state index contributed by atoms with van der Waals surface area (Å²) >= 11 is 0. The van der Waals surface area contributed by atoms with Crippen molar-refractivity contribution in [3.63, 3.8) is 0 Å². The van der Waals surface area contributed by atoms with Crippen LogP contribution in [0, 0.1) is 0 Å². The van der Waals surface area contributed by atoms with Crippen molar-refractivity contribution in [3.8, 4) is 0 Å². The van der Waals surface area contributed by atoms with Crippen LogP contribution in [0.1, 0.15) is 38.5 Å². The number of hydrogen-bond acceptors (Lipinski definition) is 2. The highest BCUT2D eigenvalue weighted by atomic mass is 16.2. The van der Waals surface area contributed by atoms with Crippen LogP contribution in [-0.2, 0) is 0 Å². The lowest BCUT2D eigenvalue weighted by atomic mass is 9.96. The molecule has 1 saturated carbocycles. The maximum absolute atomic E-state index is 12.1. The van der Waals surface area contributed by atoms with Gasteiger partial charge >= 0.3 is 6.03 Å². The van der Waals surface area contributed by atoms with E-state index in [2.05, 4.69) is 24.3 Å². The number of hydrogen-bond donors (Lipinski definition) is 1. The molecule has 2 aliphatic rings. The molecule has 2 amide bonds. The molecule has 0 aromatic heterocycles. The van der Waals surface area contributed by atoms with Gasteiger partial charge in [-0.25, -0.2) is 4.79 Å². The summed E-state index contributed by atoms with van der Waals surface area (Å²) in [5.41, 5.74) is 0. The van der Waals surface area contributed by atoms with Gasteiger partial charge in [0.25, 0.3) is 0 Å². The lowest BCUT2D eigenvalue weighted by Crippen LogP contribution is -2.45. The molecule has 1 heterocycles. The minimum atomic E-state index is 0.154. The second kappa shape index (κ2) is 5.71. The van der Waals surface area contributed by atoms with E-state index in [1.807, 2.05) is 4.90 Å². The average Bonchev–Trinajstić information content (AvgIpc) is 2.79. The second-order valence-electron chi connectivity index (χ2n) is 5.64. The van der Waals surface area contributed by atoms with Crippen LogP contribution in [0.3, 0.4) is 0 Å². The molecular weight excluding hydrogens is 214 g/mol. The van der Waals surface area contributed by atoms with Crippen molar-refractivity contribution < 1.29 is 4.79 Å². The average molecular weight is 239 g/mol. The number of carbonyl (C=O) groups excluding carboxylic acids is 1. The Bertz CT molecular complexity index is 261. The molecule has 2 rings (SSSR count). The molecule has 0 aromatic carbocycles. The molecule has 98 valence electrons. The lowest BCUT2D eigenvalue weighted by molar-refractivity contribution is 0.195. The zero-order valence-electron chi connectivity index (χ0n) is 11.1. The topological polar surface area (TPSA) is 35.6 Å². The van der Waals surface area contributed by atoms with E-state index in [4.69, 9.17) is 0 Å². The Labute approximate surface area is 104 Å². The molecule has 1 saturated heterocycles. The first kappa shape index (κ1) is 12.7. The van der Waals surface area contributed by atoms with Crippen LogP contribution in [0.4, 0.5) is 4.79 Å². The molecule has 0 bridgehead atoms. The Morgan fingerprint density at radius 1 is 1.18 bits per heavy atom. The molecule has 4 heteroatoms. The van der Waals surface area contributed by atoms with Crippen LogP contribution < -0.4 is 5.32 Å². The van der Waals surface area contributed by atoms with E-state index in [1.54, 1.807) is 0 Å². The number of rotatable bonds is 2. The molecule has 1 atom stereocenters. The summed E-state index contributed by atoms with van der Waals surface area (Å²) in [5.74, 6) is 0. The summed E-state index contributed by atoms with van der Waals surface area (Å²) in [6.07, 6.45) is 7.30. The lowest BCUT2D eigenvalue weighted by Gasteiger charge is -2.26. The fraction of sp³-hybridized carbons (Fsp3) is 0.923. The van der Waals surface area contributed by atoms with Gasteiger partial charge in [-0.3, -0.25) is 0 Å². The molecule has 0 radical (unpaired) electrons. The van der Waals surface area contributed by atoms with Gasteiger partial charge in [0.1, 0.15) is 0 Å². The quantitative estimate of drug-likeness (QED) is 0.795. The van der Waals surface area contributed by atoms with Gasteiger partial charge in [-0.1, -0.05) is 19.3 Å². The highest BCUT2D eigenvalue weighted by Crippen LogP contribution is 2.18. The smallest absolute Gasteiger partial charge is 0.317 e. The fourth-order valence-electron chi connectivity index (χ4n) is 2.86. The highest BCUT2D eigenvalue weighted by molar-refractivity contribution is 5.74. The van der Waals surface area contributed by atoms with Crippen molar-refractivity contribution in [2.45, 2.75) is 50.6 Å². The van der Waals surface area contributed by atoms with E-state index >= 15 is 0 Å². The highest BCUT2D eigenvalue weighted by Gasteiger charge is 2.28. The van der Waals surface area contributed by atoms with E-state index in [-0.39, 0.29) is 6.03 Å². The standard InChI is InChI=1S/C13H25N3O/c1-15(2)12-8-9-16(10-12)13(17)14-11-6-4-3-5-7-11/h11-12H,3-10H2,1-2H3,(H,14,17). The Balaban J connectivity index is 1.76. The normalized spacial score (nSPS) is 26.5. The van der Waals surface area contributed by atoms with Crippen molar-refractivity contribution in [2.24, 2.45) is 0 Å². The summed E-state index contributed by atoms with van der Waals surface area (Å²) in [4.78, 5) is 16.3. The van der Waals surface area contributed by atoms with Crippen LogP contribution >= 0.6 is 0 Å². The maximum atomic E-state index is 12.1. The Kier molecular flexibility index (Phi) is 4.26. The minimum absolute atomic E-state index is 0.154. The third-order valence-electron chi connectivity index (χ3n) is 4.11. The molecule has 1 N–H and O–H groups in total. The molecule has 2 fully saturated rings. The zero-order chi connectivity index (χ0) is 12.3. The Morgan fingerprint density at radius 2 is 1.88 bits per heavy atom. The first-order valence-electron chi connectivity index (χ1n) is 6.88. The van der Waals surface area contributed by atoms with Crippen LogP contribution in [0.25, 0.3) is 0 Å². The Morgan fingerprint density at radius 3 is 2.47 bits per heavy atom. The largest absolute Gasteiger partial charge is 0.335 e. The minimum Gasteiger partial charge on any atom is -0.335 e. The van der Waals surface area contributed by atoms with Crippen molar-refractivity contribution in [1.82, 2.24) is 15.1 Å². The molecule has 1 unspecified atom stereocenters. The first-order chi connectivity index (χ1) is 8.16. The molecule has 1 aliphatic heterocycles. The number of carbonyl (C=O) groups is 1. The summed E-state index contributed by atoms with van der Waals surface area (Å²) in [6.45, 7) is 1.78. The number of urea groups is 1. The fourth-order valence-corrected chi connectivity index (χ4v) is 2.86. The van der Waals surface area contributed by atoms with Crippen LogP contribution in [0.15, 0.2) is 0 Å². The van der Waals surface area contributed by atoms with Gasteiger partial charge in [0.05, 0.1) is 0 Å². The summed E-state index contributed by atoms with van der Waals surface area (Å²) < 4.78 is 0. The van der Waals surface area contributed by atoms with Gasteiger partial charge < -0.3 is 15.1 Å². The Hall–Kier alpha value is -0.770. The predicted octanol–water partition coefficient (Wildman–Crippen LogP) is 1.66. The summed E-state index contributed by atoms with van der Waals surface area (Å²) in [7, 11) is 4.18. The van der Waals surface area contributed by atoms with E-state index in [0.717, 1.165) is 32.4 Å². The van der Waals surface area contributed by atoms with Gasteiger partial charge in [0, 0.05) is 25.2 Å². The van der Waals surface area contributed by atoms with Crippen molar-refractivity contribution in [2.75, 3.05) is 27.2 Å². The van der Waals surface area contributed by atoms with E-state index < -0.39 is 0 Å². The molecule has 17 heavy (non-hydrogen) atoms. The van der Waals surface area contributed by atoms with Gasteiger partial charge in [-0.15, -0.1) is 0 Å². The van der Waals surface area contributed by atoms with Crippen molar-refractivity contribution in [1.29, 1.82) is 0 Å². The summed E-state index contributed by atoms with van der Waals surface area (Å²) in [6, 6.07) is 1.11. The van der Waals surface area contributed by atoms with Crippen molar-refractivity contribution in [3.05, 3.63) is 0 Å². The molecule has 0 spiro atoms. The van der Waals surface area contributed by atoms with E-state index in [1.165, 1.54) is 19.3 Å².